The van der Waals surface area contributed by atoms with Crippen molar-refractivity contribution in [3.05, 3.63) is 33.9 Å². The SMILES string of the molecule is CCCCc1cc2c(c3c1CCC3)CCC2. The minimum absolute atomic E-state index is 1.33. The van der Waals surface area contributed by atoms with Crippen LogP contribution < -0.4 is 0 Å². The standard InChI is InChI=1S/C16H22/c1-2-3-6-12-11-13-7-4-8-14(13)16-10-5-9-15(12)16/h11H,2-10H2,1H3. The minimum Gasteiger partial charge on any atom is -0.0654 e. The van der Waals surface area contributed by atoms with Crippen molar-refractivity contribution < 1.29 is 0 Å². The van der Waals surface area contributed by atoms with Gasteiger partial charge in [-0.2, -0.15) is 0 Å². The Bertz CT molecular complexity index is 401. The number of benzene rings is 1. The van der Waals surface area contributed by atoms with Gasteiger partial charge in [0.25, 0.3) is 0 Å². The second kappa shape index (κ2) is 4.24. The van der Waals surface area contributed by atoms with Crippen LogP contribution in [0.1, 0.15) is 60.4 Å². The molecule has 0 fully saturated rings. The van der Waals surface area contributed by atoms with Gasteiger partial charge in [-0.25, -0.2) is 0 Å². The quantitative estimate of drug-likeness (QED) is 0.713. The first kappa shape index (κ1) is 10.4. The van der Waals surface area contributed by atoms with Crippen LogP contribution in [0.3, 0.4) is 0 Å². The van der Waals surface area contributed by atoms with E-state index < -0.39 is 0 Å². The van der Waals surface area contributed by atoms with Gasteiger partial charge in [0.2, 0.25) is 0 Å². The van der Waals surface area contributed by atoms with E-state index in [1.54, 1.807) is 27.8 Å². The molecule has 2 aliphatic carbocycles. The Morgan fingerprint density at radius 2 is 1.69 bits per heavy atom. The highest BCUT2D eigenvalue weighted by Gasteiger charge is 2.23. The van der Waals surface area contributed by atoms with E-state index in [1.807, 2.05) is 0 Å². The van der Waals surface area contributed by atoms with Crippen molar-refractivity contribution in [2.75, 3.05) is 0 Å². The van der Waals surface area contributed by atoms with Gasteiger partial charge in [-0.15, -0.1) is 0 Å². The summed E-state index contributed by atoms with van der Waals surface area (Å²) in [5.41, 5.74) is 8.70. The fraction of sp³-hybridized carbons (Fsp3) is 0.625. The number of hydrogen-bond donors (Lipinski definition) is 0. The largest absolute Gasteiger partial charge is 0.0654 e. The van der Waals surface area contributed by atoms with Crippen molar-refractivity contribution in [3.63, 3.8) is 0 Å². The third-order valence-corrected chi connectivity index (χ3v) is 4.38. The summed E-state index contributed by atoms with van der Waals surface area (Å²) in [6.45, 7) is 2.30. The third-order valence-electron chi connectivity index (χ3n) is 4.38. The summed E-state index contributed by atoms with van der Waals surface area (Å²) in [5.74, 6) is 0. The van der Waals surface area contributed by atoms with Gasteiger partial charge >= 0.3 is 0 Å². The zero-order valence-electron chi connectivity index (χ0n) is 10.4. The Balaban J connectivity index is 2.02. The molecule has 0 amide bonds. The molecule has 0 bridgehead atoms. The van der Waals surface area contributed by atoms with Crippen LogP contribution in [0.4, 0.5) is 0 Å². The molecule has 0 nitrogen and oxygen atoms in total. The van der Waals surface area contributed by atoms with Crippen molar-refractivity contribution in [1.29, 1.82) is 0 Å². The summed E-state index contributed by atoms with van der Waals surface area (Å²) in [5, 5.41) is 0. The van der Waals surface area contributed by atoms with Gasteiger partial charge in [0.1, 0.15) is 0 Å². The first-order chi connectivity index (χ1) is 7.90. The van der Waals surface area contributed by atoms with Crippen molar-refractivity contribution in [2.24, 2.45) is 0 Å². The summed E-state index contributed by atoms with van der Waals surface area (Å²) in [6.07, 6.45) is 12.3. The highest BCUT2D eigenvalue weighted by Crippen LogP contribution is 2.36. The fourth-order valence-corrected chi connectivity index (χ4v) is 3.59. The van der Waals surface area contributed by atoms with Gasteiger partial charge in [-0.1, -0.05) is 19.4 Å². The summed E-state index contributed by atoms with van der Waals surface area (Å²) < 4.78 is 0. The molecular weight excluding hydrogens is 192 g/mol. The molecule has 1 aromatic carbocycles. The van der Waals surface area contributed by atoms with Gasteiger partial charge in [-0.05, 0) is 79.2 Å². The van der Waals surface area contributed by atoms with Crippen molar-refractivity contribution >= 4 is 0 Å². The molecular formula is C16H22. The van der Waals surface area contributed by atoms with E-state index >= 15 is 0 Å². The number of aryl methyl sites for hydroxylation is 2. The summed E-state index contributed by atoms with van der Waals surface area (Å²) >= 11 is 0. The highest BCUT2D eigenvalue weighted by molar-refractivity contribution is 5.50. The molecule has 0 radical (unpaired) electrons. The summed E-state index contributed by atoms with van der Waals surface area (Å²) in [6, 6.07) is 2.56. The first-order valence-corrected chi connectivity index (χ1v) is 7.05. The van der Waals surface area contributed by atoms with Crippen LogP contribution in [-0.2, 0) is 32.1 Å². The molecule has 0 heteroatoms. The Hall–Kier alpha value is -0.780. The van der Waals surface area contributed by atoms with Gasteiger partial charge in [0.05, 0.1) is 0 Å². The molecule has 0 N–H and O–H groups in total. The van der Waals surface area contributed by atoms with Gasteiger partial charge in [-0.3, -0.25) is 0 Å². The van der Waals surface area contributed by atoms with Crippen LogP contribution in [0.25, 0.3) is 0 Å². The number of fused-ring (bicyclic) bond motifs is 3. The highest BCUT2D eigenvalue weighted by atomic mass is 14.3. The van der Waals surface area contributed by atoms with Crippen LogP contribution >= 0.6 is 0 Å². The zero-order valence-corrected chi connectivity index (χ0v) is 10.4. The zero-order chi connectivity index (χ0) is 11.0. The molecule has 2 aliphatic rings. The maximum Gasteiger partial charge on any atom is -0.0270 e. The van der Waals surface area contributed by atoms with E-state index in [0.717, 1.165) is 0 Å². The van der Waals surface area contributed by atoms with E-state index in [4.69, 9.17) is 0 Å². The predicted octanol–water partition coefficient (Wildman–Crippen LogP) is 4.01. The lowest BCUT2D eigenvalue weighted by molar-refractivity contribution is 0.785. The predicted molar refractivity (Wildman–Crippen MR) is 69.1 cm³/mol. The van der Waals surface area contributed by atoms with Crippen molar-refractivity contribution in [1.82, 2.24) is 0 Å². The smallest absolute Gasteiger partial charge is 0.0270 e. The maximum absolute atomic E-state index is 2.56. The Labute approximate surface area is 99.1 Å². The molecule has 0 spiro atoms. The Morgan fingerprint density at radius 1 is 0.938 bits per heavy atom. The molecule has 0 aromatic heterocycles. The second-order valence-corrected chi connectivity index (χ2v) is 5.44. The van der Waals surface area contributed by atoms with Gasteiger partial charge in [0.15, 0.2) is 0 Å². The average Bonchev–Trinajstić information content (AvgIpc) is 2.92. The summed E-state index contributed by atoms with van der Waals surface area (Å²) in [4.78, 5) is 0. The molecule has 1 aromatic rings. The molecule has 0 saturated carbocycles. The minimum atomic E-state index is 1.33. The normalized spacial score (nSPS) is 17.6. The monoisotopic (exact) mass is 214 g/mol. The third kappa shape index (κ3) is 1.59. The van der Waals surface area contributed by atoms with Gasteiger partial charge in [0, 0.05) is 0 Å². The van der Waals surface area contributed by atoms with Crippen LogP contribution in [0.5, 0.6) is 0 Å². The first-order valence-electron chi connectivity index (χ1n) is 7.05. The molecule has 0 unspecified atom stereocenters. The van der Waals surface area contributed by atoms with E-state index in [9.17, 15) is 0 Å². The van der Waals surface area contributed by atoms with Crippen molar-refractivity contribution in [2.45, 2.75) is 64.7 Å². The van der Waals surface area contributed by atoms with E-state index in [2.05, 4.69) is 13.0 Å². The number of rotatable bonds is 3. The molecule has 0 atom stereocenters. The Morgan fingerprint density at radius 3 is 2.56 bits per heavy atom. The Kier molecular flexibility index (Phi) is 2.75. The van der Waals surface area contributed by atoms with Crippen molar-refractivity contribution in [3.8, 4) is 0 Å². The van der Waals surface area contributed by atoms with Crippen LogP contribution in [0, 0.1) is 0 Å². The molecule has 0 heterocycles. The average molecular weight is 214 g/mol. The second-order valence-electron chi connectivity index (χ2n) is 5.44. The number of unbranched alkanes of at least 4 members (excludes halogenated alkanes) is 1. The van der Waals surface area contributed by atoms with Crippen LogP contribution in [0.15, 0.2) is 6.07 Å². The topological polar surface area (TPSA) is 0 Å². The van der Waals surface area contributed by atoms with Gasteiger partial charge < -0.3 is 0 Å². The molecule has 0 aliphatic heterocycles. The van der Waals surface area contributed by atoms with E-state index in [0.29, 0.717) is 0 Å². The van der Waals surface area contributed by atoms with E-state index in [1.165, 1.54) is 57.8 Å². The van der Waals surface area contributed by atoms with E-state index in [-0.39, 0.29) is 0 Å². The lowest BCUT2D eigenvalue weighted by Gasteiger charge is -2.13. The number of hydrogen-bond acceptors (Lipinski definition) is 0. The van der Waals surface area contributed by atoms with Crippen LogP contribution in [-0.4, -0.2) is 0 Å². The maximum atomic E-state index is 2.56. The van der Waals surface area contributed by atoms with Crippen LogP contribution in [0.2, 0.25) is 0 Å². The fourth-order valence-electron chi connectivity index (χ4n) is 3.59. The molecule has 0 saturated heterocycles. The lowest BCUT2D eigenvalue weighted by Crippen LogP contribution is -1.99. The molecule has 16 heavy (non-hydrogen) atoms. The lowest BCUT2D eigenvalue weighted by atomic mass is 9.92. The molecule has 3 rings (SSSR count). The summed E-state index contributed by atoms with van der Waals surface area (Å²) in [7, 11) is 0. The molecule has 86 valence electrons.